The minimum atomic E-state index is -0.107. The predicted molar refractivity (Wildman–Crippen MR) is 55.6 cm³/mol. The highest BCUT2D eigenvalue weighted by Gasteiger charge is 2.44. The van der Waals surface area contributed by atoms with E-state index in [0.29, 0.717) is 11.2 Å². The van der Waals surface area contributed by atoms with Crippen molar-refractivity contribution in [3.05, 3.63) is 22.6 Å². The number of carbonyl (C=O) groups excluding carboxylic acids is 1. The summed E-state index contributed by atoms with van der Waals surface area (Å²) in [7, 11) is 0. The van der Waals surface area contributed by atoms with Crippen LogP contribution in [0.4, 0.5) is 0 Å². The Morgan fingerprint density at radius 3 is 2.86 bits per heavy atom. The van der Waals surface area contributed by atoms with E-state index in [1.165, 1.54) is 0 Å². The van der Waals surface area contributed by atoms with Crippen molar-refractivity contribution in [2.75, 3.05) is 0 Å². The smallest absolute Gasteiger partial charge is 0.226 e. The Bertz CT molecular complexity index is 355. The maximum absolute atomic E-state index is 11.5. The van der Waals surface area contributed by atoms with Crippen molar-refractivity contribution in [1.82, 2.24) is 5.32 Å². The Morgan fingerprint density at radius 2 is 2.36 bits per heavy atom. The maximum Gasteiger partial charge on any atom is 0.226 e. The Balaban J connectivity index is 1.85. The fourth-order valence-electron chi connectivity index (χ4n) is 1.24. The summed E-state index contributed by atoms with van der Waals surface area (Å²) in [6.45, 7) is 2.46. The molecule has 1 amide bonds. The average molecular weight is 258 g/mol. The van der Waals surface area contributed by atoms with Crippen LogP contribution in [0.3, 0.4) is 0 Å². The number of nitrogens with one attached hydrogen (secondary N) is 1. The van der Waals surface area contributed by atoms with E-state index in [2.05, 4.69) is 21.2 Å². The van der Waals surface area contributed by atoms with E-state index in [1.807, 2.05) is 19.1 Å². The van der Waals surface area contributed by atoms with Gasteiger partial charge in [-0.15, -0.1) is 0 Å². The number of rotatable bonds is 3. The van der Waals surface area contributed by atoms with Gasteiger partial charge in [0.25, 0.3) is 0 Å². The van der Waals surface area contributed by atoms with Gasteiger partial charge in [0.15, 0.2) is 4.67 Å². The quantitative estimate of drug-likeness (QED) is 0.904. The maximum atomic E-state index is 11.5. The van der Waals surface area contributed by atoms with E-state index < -0.39 is 0 Å². The summed E-state index contributed by atoms with van der Waals surface area (Å²) in [4.78, 5) is 11.5. The lowest BCUT2D eigenvalue weighted by atomic mass is 10.1. The summed E-state index contributed by atoms with van der Waals surface area (Å²) in [6.07, 6.45) is 2.00. The van der Waals surface area contributed by atoms with Gasteiger partial charge in [-0.1, -0.05) is 6.92 Å². The van der Waals surface area contributed by atoms with Crippen molar-refractivity contribution in [2.24, 2.45) is 5.41 Å². The van der Waals surface area contributed by atoms with Gasteiger partial charge in [0.2, 0.25) is 5.91 Å². The number of furan rings is 1. The lowest BCUT2D eigenvalue weighted by molar-refractivity contribution is -0.125. The molecule has 0 saturated heterocycles. The molecule has 1 aromatic heterocycles. The van der Waals surface area contributed by atoms with Crippen molar-refractivity contribution >= 4 is 21.8 Å². The van der Waals surface area contributed by atoms with Crippen LogP contribution in [0.1, 0.15) is 25.5 Å². The molecular weight excluding hydrogens is 246 g/mol. The van der Waals surface area contributed by atoms with Crippen LogP contribution in [0, 0.1) is 5.41 Å². The van der Waals surface area contributed by atoms with Gasteiger partial charge in [0.1, 0.15) is 5.76 Å². The van der Waals surface area contributed by atoms with Crippen LogP contribution in [0.25, 0.3) is 0 Å². The second-order valence-corrected chi connectivity index (χ2v) is 4.73. The molecule has 2 rings (SSSR count). The number of amides is 1. The topological polar surface area (TPSA) is 42.2 Å². The van der Waals surface area contributed by atoms with Crippen LogP contribution in [-0.4, -0.2) is 5.91 Å². The second-order valence-electron chi connectivity index (χ2n) is 3.95. The third kappa shape index (κ3) is 2.00. The summed E-state index contributed by atoms with van der Waals surface area (Å²) in [5, 5.41) is 2.86. The summed E-state index contributed by atoms with van der Waals surface area (Å²) in [5.74, 6) is 0.902. The molecule has 76 valence electrons. The highest BCUT2D eigenvalue weighted by atomic mass is 79.9. The first-order chi connectivity index (χ1) is 6.60. The third-order valence-corrected chi connectivity index (χ3v) is 3.03. The summed E-state index contributed by atoms with van der Waals surface area (Å²) < 4.78 is 5.96. The van der Waals surface area contributed by atoms with E-state index in [4.69, 9.17) is 4.42 Å². The molecule has 0 bridgehead atoms. The van der Waals surface area contributed by atoms with Gasteiger partial charge in [0, 0.05) is 5.41 Å². The minimum absolute atomic E-state index is 0.107. The number of hydrogen-bond donors (Lipinski definition) is 1. The first kappa shape index (κ1) is 9.77. The Morgan fingerprint density at radius 1 is 1.64 bits per heavy atom. The molecule has 0 unspecified atom stereocenters. The lowest BCUT2D eigenvalue weighted by Crippen LogP contribution is -2.29. The molecule has 3 nitrogen and oxygen atoms in total. The average Bonchev–Trinajstić information content (AvgIpc) is 2.76. The first-order valence-electron chi connectivity index (χ1n) is 4.63. The van der Waals surface area contributed by atoms with Crippen molar-refractivity contribution < 1.29 is 9.21 Å². The summed E-state index contributed by atoms with van der Waals surface area (Å²) >= 11 is 3.21. The van der Waals surface area contributed by atoms with Crippen LogP contribution < -0.4 is 5.32 Å². The summed E-state index contributed by atoms with van der Waals surface area (Å²) in [6, 6.07) is 3.67. The zero-order valence-corrected chi connectivity index (χ0v) is 9.56. The number of hydrogen-bond acceptors (Lipinski definition) is 2. The molecule has 1 fully saturated rings. The Labute approximate surface area is 91.0 Å². The van der Waals surface area contributed by atoms with Crippen molar-refractivity contribution in [3.63, 3.8) is 0 Å². The van der Waals surface area contributed by atoms with Crippen molar-refractivity contribution in [1.29, 1.82) is 0 Å². The van der Waals surface area contributed by atoms with Gasteiger partial charge >= 0.3 is 0 Å². The van der Waals surface area contributed by atoms with Crippen LogP contribution in [0.2, 0.25) is 0 Å². The van der Waals surface area contributed by atoms with E-state index in [9.17, 15) is 4.79 Å². The van der Waals surface area contributed by atoms with Crippen LogP contribution in [0.5, 0.6) is 0 Å². The fourth-order valence-corrected chi connectivity index (χ4v) is 1.58. The van der Waals surface area contributed by atoms with Gasteiger partial charge in [-0.25, -0.2) is 0 Å². The zero-order chi connectivity index (χ0) is 10.2. The Hall–Kier alpha value is -0.770. The molecular formula is C10H12BrNO2. The van der Waals surface area contributed by atoms with Gasteiger partial charge in [0.05, 0.1) is 6.54 Å². The second kappa shape index (κ2) is 3.42. The van der Waals surface area contributed by atoms with E-state index in [-0.39, 0.29) is 11.3 Å². The van der Waals surface area contributed by atoms with Gasteiger partial charge in [-0.05, 0) is 40.9 Å². The molecule has 0 aliphatic heterocycles. The molecule has 14 heavy (non-hydrogen) atoms. The lowest BCUT2D eigenvalue weighted by Gasteiger charge is -2.07. The largest absolute Gasteiger partial charge is 0.452 e. The van der Waals surface area contributed by atoms with Crippen molar-refractivity contribution in [3.8, 4) is 0 Å². The van der Waals surface area contributed by atoms with Crippen LogP contribution >= 0.6 is 15.9 Å². The number of carbonyl (C=O) groups is 1. The van der Waals surface area contributed by atoms with Crippen LogP contribution in [-0.2, 0) is 11.3 Å². The molecule has 1 heterocycles. The molecule has 1 N–H and O–H groups in total. The normalized spacial score (nSPS) is 17.9. The Kier molecular flexibility index (Phi) is 2.39. The highest BCUT2D eigenvalue weighted by molar-refractivity contribution is 9.10. The van der Waals surface area contributed by atoms with E-state index in [1.54, 1.807) is 0 Å². The molecule has 1 aromatic rings. The minimum Gasteiger partial charge on any atom is -0.452 e. The van der Waals surface area contributed by atoms with E-state index >= 15 is 0 Å². The predicted octanol–water partition coefficient (Wildman–Crippen LogP) is 2.46. The van der Waals surface area contributed by atoms with Gasteiger partial charge in [-0.3, -0.25) is 4.79 Å². The molecule has 1 saturated carbocycles. The molecule has 4 heteroatoms. The monoisotopic (exact) mass is 257 g/mol. The van der Waals surface area contributed by atoms with Gasteiger partial charge in [-0.2, -0.15) is 0 Å². The molecule has 0 aromatic carbocycles. The van der Waals surface area contributed by atoms with E-state index in [0.717, 1.165) is 18.6 Å². The fraction of sp³-hybridized carbons (Fsp3) is 0.500. The molecule has 1 aliphatic carbocycles. The highest BCUT2D eigenvalue weighted by Crippen LogP contribution is 2.45. The molecule has 1 aliphatic rings. The third-order valence-electron chi connectivity index (χ3n) is 2.60. The van der Waals surface area contributed by atoms with Gasteiger partial charge < -0.3 is 9.73 Å². The molecule has 0 spiro atoms. The van der Waals surface area contributed by atoms with Crippen LogP contribution in [0.15, 0.2) is 21.2 Å². The standard InChI is InChI=1S/C10H12BrNO2/c1-10(4-5-10)9(13)12-6-7-2-3-8(11)14-7/h2-3H,4-6H2,1H3,(H,12,13). The summed E-state index contributed by atoms with van der Waals surface area (Å²) in [5.41, 5.74) is -0.107. The zero-order valence-electron chi connectivity index (χ0n) is 7.97. The SMILES string of the molecule is CC1(C(=O)NCc2ccc(Br)o2)CC1. The first-order valence-corrected chi connectivity index (χ1v) is 5.42. The molecule has 0 radical (unpaired) electrons. The number of halogens is 1. The van der Waals surface area contributed by atoms with Crippen molar-refractivity contribution in [2.45, 2.75) is 26.3 Å². The molecule has 0 atom stereocenters.